The zero-order valence-corrected chi connectivity index (χ0v) is 30.6. The second kappa shape index (κ2) is 12.1. The first kappa shape index (κ1) is 31.5. The molecular formula is C51H32N6. The number of hydrogen-bond acceptors (Lipinski definition) is 2. The van der Waals surface area contributed by atoms with Crippen LogP contribution in [0.3, 0.4) is 0 Å². The summed E-state index contributed by atoms with van der Waals surface area (Å²) in [7, 11) is 0. The average Bonchev–Trinajstić information content (AvgIpc) is 3.75. The van der Waals surface area contributed by atoms with Gasteiger partial charge in [-0.2, -0.15) is 4.99 Å². The molecule has 0 radical (unpaired) electrons. The maximum absolute atomic E-state index is 9.33. The Morgan fingerprint density at radius 3 is 1.96 bits per heavy atom. The van der Waals surface area contributed by atoms with Gasteiger partial charge in [-0.15, -0.1) is 0 Å². The normalized spacial score (nSPS) is 12.4. The molecule has 2 N–H and O–H groups in total. The average molecular weight is 729 g/mol. The van der Waals surface area contributed by atoms with Gasteiger partial charge in [-0.05, 0) is 65.0 Å². The standard InChI is InChI=1S/C51H32N6/c52-50(55-51-53-41-23-7-4-21-40(41)48(54-51)33-16-10-15-32(29-33)31-13-2-1-3-14-31)34-17-11-18-35(30-34)56-44-26-12-22-38-36-19-5-8-24-42(36)57-43-25-9-6-20-37(43)39-27-28-45(56)47(46(38)44)49(39)57/h1-30H,(H2,52,53,54,55). The fraction of sp³-hybridized carbons (Fsp3) is 0. The highest BCUT2D eigenvalue weighted by Crippen LogP contribution is 2.45. The molecule has 0 unspecified atom stereocenters. The number of H-pyrrole nitrogens is 1. The third-order valence-electron chi connectivity index (χ3n) is 11.5. The van der Waals surface area contributed by atoms with Gasteiger partial charge >= 0.3 is 0 Å². The van der Waals surface area contributed by atoms with Gasteiger partial charge in [0, 0.05) is 49.1 Å². The van der Waals surface area contributed by atoms with E-state index < -0.39 is 0 Å². The topological polar surface area (TPSA) is 74.2 Å². The predicted molar refractivity (Wildman–Crippen MR) is 235 cm³/mol. The number of para-hydroxylation sites is 3. The van der Waals surface area contributed by atoms with Crippen molar-refractivity contribution >= 4 is 76.6 Å². The second-order valence-electron chi connectivity index (χ2n) is 14.7. The highest BCUT2D eigenvalue weighted by Gasteiger charge is 2.23. The van der Waals surface area contributed by atoms with Gasteiger partial charge in [-0.3, -0.25) is 5.41 Å². The molecule has 0 atom stereocenters. The van der Waals surface area contributed by atoms with Gasteiger partial charge in [0.25, 0.3) is 0 Å². The zero-order valence-electron chi connectivity index (χ0n) is 30.6. The van der Waals surface area contributed by atoms with Crippen molar-refractivity contribution in [1.29, 1.82) is 5.41 Å². The summed E-state index contributed by atoms with van der Waals surface area (Å²) < 4.78 is 4.80. The van der Waals surface area contributed by atoms with Crippen LogP contribution in [0.2, 0.25) is 0 Å². The highest BCUT2D eigenvalue weighted by molar-refractivity contribution is 6.33. The quantitative estimate of drug-likeness (QED) is 0.137. The summed E-state index contributed by atoms with van der Waals surface area (Å²) in [6.45, 7) is 0. The van der Waals surface area contributed by atoms with Gasteiger partial charge in [0.2, 0.25) is 5.62 Å². The number of benzene rings is 8. The van der Waals surface area contributed by atoms with Crippen LogP contribution < -0.4 is 5.62 Å². The lowest BCUT2D eigenvalue weighted by Crippen LogP contribution is -2.17. The number of fused-ring (bicyclic) bond motifs is 7. The Balaban J connectivity index is 1.04. The van der Waals surface area contributed by atoms with Gasteiger partial charge in [0.1, 0.15) is 0 Å². The van der Waals surface area contributed by atoms with Crippen LogP contribution in [0.4, 0.5) is 0 Å². The van der Waals surface area contributed by atoms with E-state index in [2.05, 4.69) is 160 Å². The number of rotatable bonds is 4. The van der Waals surface area contributed by atoms with E-state index in [0.29, 0.717) is 11.2 Å². The summed E-state index contributed by atoms with van der Waals surface area (Å²) in [5.74, 6) is 0.124. The number of amidine groups is 1. The van der Waals surface area contributed by atoms with Crippen LogP contribution in [0.15, 0.2) is 187 Å². The molecule has 0 aliphatic heterocycles. The van der Waals surface area contributed by atoms with Crippen molar-refractivity contribution in [3.8, 4) is 28.1 Å². The van der Waals surface area contributed by atoms with E-state index in [9.17, 15) is 5.41 Å². The van der Waals surface area contributed by atoms with Crippen molar-refractivity contribution in [2.24, 2.45) is 4.99 Å². The number of nitrogens with zero attached hydrogens (tertiary/aromatic N) is 4. The molecule has 4 heterocycles. The summed E-state index contributed by atoms with van der Waals surface area (Å²) in [5.41, 5.74) is 12.9. The summed E-state index contributed by atoms with van der Waals surface area (Å²) in [6.07, 6.45) is 0. The molecule has 0 amide bonds. The largest absolute Gasteiger partial charge is 0.323 e. The van der Waals surface area contributed by atoms with Crippen LogP contribution >= 0.6 is 0 Å². The Hall–Kier alpha value is -7.83. The van der Waals surface area contributed by atoms with Gasteiger partial charge < -0.3 is 14.0 Å². The maximum Gasteiger partial charge on any atom is 0.229 e. The molecule has 266 valence electrons. The lowest BCUT2D eigenvalue weighted by atomic mass is 10.00. The maximum atomic E-state index is 9.33. The first-order chi connectivity index (χ1) is 28.2. The lowest BCUT2D eigenvalue weighted by molar-refractivity contribution is 1.05. The second-order valence-corrected chi connectivity index (χ2v) is 14.7. The van der Waals surface area contributed by atoms with Gasteiger partial charge in [-0.1, -0.05) is 133 Å². The Morgan fingerprint density at radius 1 is 0.491 bits per heavy atom. The zero-order chi connectivity index (χ0) is 37.6. The molecule has 57 heavy (non-hydrogen) atoms. The van der Waals surface area contributed by atoms with Crippen molar-refractivity contribution < 1.29 is 0 Å². The summed E-state index contributed by atoms with van der Waals surface area (Å²) in [4.78, 5) is 13.3. The number of hydrogen-bond donors (Lipinski definition) is 2. The molecule has 6 heteroatoms. The highest BCUT2D eigenvalue weighted by atomic mass is 15.0. The predicted octanol–water partition coefficient (Wildman–Crippen LogP) is 12.1. The number of nitrogens with one attached hydrogen (secondary N) is 2. The summed E-state index contributed by atoms with van der Waals surface area (Å²) in [5, 5.41) is 17.7. The van der Waals surface area contributed by atoms with Crippen LogP contribution in [0.5, 0.6) is 0 Å². The molecule has 12 rings (SSSR count). The van der Waals surface area contributed by atoms with E-state index in [-0.39, 0.29) is 5.84 Å². The van der Waals surface area contributed by atoms with E-state index in [4.69, 9.17) is 9.98 Å². The van der Waals surface area contributed by atoms with Crippen LogP contribution in [0.25, 0.3) is 98.9 Å². The van der Waals surface area contributed by atoms with Crippen LogP contribution in [-0.2, 0) is 0 Å². The first-order valence-electron chi connectivity index (χ1n) is 19.2. The molecule has 0 bridgehead atoms. The summed E-state index contributed by atoms with van der Waals surface area (Å²) >= 11 is 0. The molecule has 0 aliphatic rings. The number of aromatic amines is 1. The van der Waals surface area contributed by atoms with Crippen LogP contribution in [-0.4, -0.2) is 24.8 Å². The van der Waals surface area contributed by atoms with E-state index in [0.717, 1.165) is 50.0 Å². The van der Waals surface area contributed by atoms with E-state index in [1.807, 2.05) is 36.4 Å². The molecule has 6 nitrogen and oxygen atoms in total. The van der Waals surface area contributed by atoms with Gasteiger partial charge in [-0.25, -0.2) is 4.98 Å². The fourth-order valence-corrected chi connectivity index (χ4v) is 9.07. The van der Waals surface area contributed by atoms with E-state index in [1.165, 1.54) is 48.9 Å². The summed E-state index contributed by atoms with van der Waals surface area (Å²) in [6, 6.07) is 63.8. The Bertz CT molecular complexity index is 3660. The minimum Gasteiger partial charge on any atom is -0.323 e. The Labute approximate surface area is 326 Å². The molecule has 0 saturated heterocycles. The number of aromatic nitrogens is 4. The molecule has 0 aliphatic carbocycles. The van der Waals surface area contributed by atoms with Crippen molar-refractivity contribution in [1.82, 2.24) is 18.9 Å². The van der Waals surface area contributed by atoms with Crippen molar-refractivity contribution in [2.45, 2.75) is 0 Å². The molecule has 8 aromatic carbocycles. The van der Waals surface area contributed by atoms with Crippen molar-refractivity contribution in [3.05, 3.63) is 193 Å². The third-order valence-corrected chi connectivity index (χ3v) is 11.5. The van der Waals surface area contributed by atoms with Crippen LogP contribution in [0, 0.1) is 5.41 Å². The van der Waals surface area contributed by atoms with E-state index >= 15 is 0 Å². The molecule has 4 aromatic heterocycles. The SMILES string of the molecule is N=C(/N=c1/nc(-c2cccc(-c3ccccc3)c2)c2ccccc2[nH]1)c1cccc(-n2c3cccc4c5ccccc5n5c6ccccc6c6ccc2c(c43)c65)c1. The lowest BCUT2D eigenvalue weighted by Gasteiger charge is -2.11. The Morgan fingerprint density at radius 2 is 1.12 bits per heavy atom. The smallest absolute Gasteiger partial charge is 0.229 e. The minimum absolute atomic E-state index is 0.124. The molecule has 0 spiro atoms. The first-order valence-corrected chi connectivity index (χ1v) is 19.2. The van der Waals surface area contributed by atoms with Gasteiger partial charge in [0.05, 0.1) is 38.8 Å². The van der Waals surface area contributed by atoms with E-state index in [1.54, 1.807) is 0 Å². The molecule has 12 aromatic rings. The van der Waals surface area contributed by atoms with Crippen molar-refractivity contribution in [3.63, 3.8) is 0 Å². The fourth-order valence-electron chi connectivity index (χ4n) is 9.07. The third kappa shape index (κ3) is 4.68. The van der Waals surface area contributed by atoms with Gasteiger partial charge in [0.15, 0.2) is 5.84 Å². The Kier molecular flexibility index (Phi) is 6.68. The monoisotopic (exact) mass is 728 g/mol. The van der Waals surface area contributed by atoms with Crippen LogP contribution in [0.1, 0.15) is 5.56 Å². The molecule has 0 saturated carbocycles. The molecular weight excluding hydrogens is 697 g/mol. The molecule has 0 fully saturated rings. The minimum atomic E-state index is 0.124. The van der Waals surface area contributed by atoms with Crippen molar-refractivity contribution in [2.75, 3.05) is 0 Å².